The number of hydrogen-bond donors (Lipinski definition) is 3. The lowest BCUT2D eigenvalue weighted by Crippen LogP contribution is -2.56. The van der Waals surface area contributed by atoms with E-state index in [2.05, 4.69) is 55.3 Å². The minimum atomic E-state index is -0.117. The van der Waals surface area contributed by atoms with E-state index in [0.29, 0.717) is 36.1 Å². The molecule has 1 aromatic carbocycles. The number of anilines is 5. The first-order valence-corrected chi connectivity index (χ1v) is 12.5. The second kappa shape index (κ2) is 11.7. The molecule has 0 atom stereocenters. The van der Waals surface area contributed by atoms with Crippen LogP contribution in [0.2, 0.25) is 0 Å². The molecule has 1 amide bonds. The maximum Gasteiger partial charge on any atom is 0.229 e. The third kappa shape index (κ3) is 6.34. The number of aromatic nitrogens is 2. The molecule has 2 aliphatic rings. The summed E-state index contributed by atoms with van der Waals surface area (Å²) in [6.45, 7) is 13.4. The van der Waals surface area contributed by atoms with Gasteiger partial charge >= 0.3 is 0 Å². The maximum atomic E-state index is 11.9. The number of nitrogens with one attached hydrogen (secondary N) is 3. The molecule has 11 nitrogen and oxygen atoms in total. The molecule has 3 heterocycles. The second-order valence-electron chi connectivity index (χ2n) is 9.13. The van der Waals surface area contributed by atoms with Crippen LogP contribution in [-0.2, 0) is 9.59 Å². The summed E-state index contributed by atoms with van der Waals surface area (Å²) in [5.74, 6) is 0.630. The summed E-state index contributed by atoms with van der Waals surface area (Å²) in [6.07, 6.45) is 2.76. The summed E-state index contributed by atoms with van der Waals surface area (Å²) >= 11 is 0. The zero-order valence-corrected chi connectivity index (χ0v) is 21.3. The first kappa shape index (κ1) is 25.9. The fourth-order valence-electron chi connectivity index (χ4n) is 4.34. The quantitative estimate of drug-likeness (QED) is 0.414. The fraction of sp³-hybridized carbons (Fsp3) is 0.423. The standard InChI is InChI=1S/C26H33N9O2/c1-4-22(37)15-28-24-12-21(34-10-8-33(5-2)9-11-34)6-7-23(24)31-26-29-14-19(13-27)25(32-26)30-20-16-35(17-20)18(3)36/h4,6-7,12,14,20,28H,1,5,8-11,15-17H2,2-3H3,(H2,29,30,31,32). The normalized spacial score (nSPS) is 15.9. The maximum absolute atomic E-state index is 11.9. The average Bonchev–Trinajstić information content (AvgIpc) is 2.89. The number of carbonyl (C=O) groups excluding carboxylic acids is 2. The molecule has 2 aliphatic heterocycles. The van der Waals surface area contributed by atoms with Gasteiger partial charge in [-0.2, -0.15) is 10.2 Å². The van der Waals surface area contributed by atoms with E-state index in [4.69, 9.17) is 0 Å². The SMILES string of the molecule is C=CC(=O)CNc1cc(N2CCN(CC)CC2)ccc1Nc1ncc(C#N)c(NC2CN(C(C)=O)C2)n1. The third-order valence-corrected chi connectivity index (χ3v) is 6.69. The van der Waals surface area contributed by atoms with Gasteiger partial charge in [0.15, 0.2) is 5.78 Å². The molecule has 3 N–H and O–H groups in total. The molecule has 11 heteroatoms. The van der Waals surface area contributed by atoms with E-state index in [1.807, 2.05) is 18.2 Å². The summed E-state index contributed by atoms with van der Waals surface area (Å²) in [4.78, 5) is 38.7. The Labute approximate surface area is 217 Å². The Morgan fingerprint density at radius 2 is 1.97 bits per heavy atom. The number of nitriles is 1. The van der Waals surface area contributed by atoms with Gasteiger partial charge in [0.1, 0.15) is 17.5 Å². The van der Waals surface area contributed by atoms with Crippen molar-refractivity contribution < 1.29 is 9.59 Å². The second-order valence-corrected chi connectivity index (χ2v) is 9.13. The summed E-state index contributed by atoms with van der Waals surface area (Å²) < 4.78 is 0. The van der Waals surface area contributed by atoms with E-state index in [1.54, 1.807) is 4.90 Å². The molecule has 0 bridgehead atoms. The van der Waals surface area contributed by atoms with Crippen LogP contribution in [0.5, 0.6) is 0 Å². The van der Waals surface area contributed by atoms with Gasteiger partial charge in [-0.1, -0.05) is 13.5 Å². The van der Waals surface area contributed by atoms with Crippen LogP contribution in [0.4, 0.5) is 28.8 Å². The van der Waals surface area contributed by atoms with Gasteiger partial charge in [0.2, 0.25) is 11.9 Å². The van der Waals surface area contributed by atoms with Gasteiger partial charge in [0.05, 0.1) is 30.2 Å². The van der Waals surface area contributed by atoms with E-state index in [1.165, 1.54) is 19.2 Å². The van der Waals surface area contributed by atoms with Crippen molar-refractivity contribution in [3.05, 3.63) is 42.6 Å². The van der Waals surface area contributed by atoms with Crippen LogP contribution in [-0.4, -0.2) is 89.9 Å². The molecule has 0 aliphatic carbocycles. The summed E-state index contributed by atoms with van der Waals surface area (Å²) in [5.41, 5.74) is 2.83. The molecular formula is C26H33N9O2. The van der Waals surface area contributed by atoms with E-state index in [-0.39, 0.29) is 24.3 Å². The fourth-order valence-corrected chi connectivity index (χ4v) is 4.34. The van der Waals surface area contributed by atoms with Gasteiger partial charge in [0, 0.05) is 51.9 Å². The highest BCUT2D eigenvalue weighted by molar-refractivity contribution is 5.93. The largest absolute Gasteiger partial charge is 0.376 e. The number of piperazine rings is 1. The van der Waals surface area contributed by atoms with Crippen LogP contribution in [0, 0.1) is 11.3 Å². The van der Waals surface area contributed by atoms with E-state index in [9.17, 15) is 14.9 Å². The number of benzene rings is 1. The monoisotopic (exact) mass is 503 g/mol. The number of likely N-dealkylation sites (N-methyl/N-ethyl adjacent to an activating group) is 1. The molecule has 2 saturated heterocycles. The van der Waals surface area contributed by atoms with Crippen molar-refractivity contribution in [3.63, 3.8) is 0 Å². The van der Waals surface area contributed by atoms with Crippen molar-refractivity contribution in [1.82, 2.24) is 19.8 Å². The van der Waals surface area contributed by atoms with Crippen molar-refractivity contribution in [2.75, 3.05) is 73.2 Å². The third-order valence-electron chi connectivity index (χ3n) is 6.69. The number of amides is 1. The minimum Gasteiger partial charge on any atom is -0.376 e. The van der Waals surface area contributed by atoms with Crippen LogP contribution in [0.15, 0.2) is 37.1 Å². The van der Waals surface area contributed by atoms with Crippen molar-refractivity contribution in [2.24, 2.45) is 0 Å². The Bertz CT molecular complexity index is 1200. The Morgan fingerprint density at radius 1 is 1.22 bits per heavy atom. The van der Waals surface area contributed by atoms with Crippen LogP contribution < -0.4 is 20.9 Å². The first-order valence-electron chi connectivity index (χ1n) is 12.5. The lowest BCUT2D eigenvalue weighted by Gasteiger charge is -2.39. The zero-order chi connectivity index (χ0) is 26.4. The predicted molar refractivity (Wildman–Crippen MR) is 144 cm³/mol. The van der Waals surface area contributed by atoms with Gasteiger partial charge in [-0.05, 0) is 30.8 Å². The molecule has 2 aromatic rings. The molecule has 0 spiro atoms. The smallest absolute Gasteiger partial charge is 0.229 e. The Kier molecular flexibility index (Phi) is 8.20. The minimum absolute atomic E-state index is 0.0216. The number of carbonyl (C=O) groups is 2. The average molecular weight is 504 g/mol. The van der Waals surface area contributed by atoms with Crippen molar-refractivity contribution in [1.29, 1.82) is 5.26 Å². The molecule has 0 radical (unpaired) electrons. The summed E-state index contributed by atoms with van der Waals surface area (Å²) in [5, 5.41) is 19.2. The van der Waals surface area contributed by atoms with Crippen molar-refractivity contribution in [3.8, 4) is 6.07 Å². The summed E-state index contributed by atoms with van der Waals surface area (Å²) in [6, 6.07) is 8.13. The predicted octanol–water partition coefficient (Wildman–Crippen LogP) is 2.04. The number of hydrogen-bond acceptors (Lipinski definition) is 10. The van der Waals surface area contributed by atoms with Crippen molar-refractivity contribution in [2.45, 2.75) is 19.9 Å². The Hall–Kier alpha value is -4.17. The molecular weight excluding hydrogens is 470 g/mol. The lowest BCUT2D eigenvalue weighted by molar-refractivity contribution is -0.132. The van der Waals surface area contributed by atoms with Gasteiger partial charge in [-0.25, -0.2) is 4.98 Å². The van der Waals surface area contributed by atoms with Gasteiger partial charge < -0.3 is 30.7 Å². The van der Waals surface area contributed by atoms with Crippen molar-refractivity contribution >= 4 is 40.5 Å². The highest BCUT2D eigenvalue weighted by Gasteiger charge is 2.29. The van der Waals surface area contributed by atoms with Crippen LogP contribution >= 0.6 is 0 Å². The lowest BCUT2D eigenvalue weighted by atomic mass is 10.1. The van der Waals surface area contributed by atoms with Crippen LogP contribution in [0.3, 0.4) is 0 Å². The molecule has 37 heavy (non-hydrogen) atoms. The zero-order valence-electron chi connectivity index (χ0n) is 21.3. The molecule has 0 unspecified atom stereocenters. The highest BCUT2D eigenvalue weighted by Crippen LogP contribution is 2.31. The molecule has 2 fully saturated rings. The molecule has 1 aromatic heterocycles. The van der Waals surface area contributed by atoms with Gasteiger partial charge in [-0.15, -0.1) is 0 Å². The molecule has 0 saturated carbocycles. The number of nitrogens with zero attached hydrogens (tertiary/aromatic N) is 6. The van der Waals surface area contributed by atoms with Crippen LogP contribution in [0.1, 0.15) is 19.4 Å². The van der Waals surface area contributed by atoms with Gasteiger partial charge in [0.25, 0.3) is 0 Å². The van der Waals surface area contributed by atoms with E-state index >= 15 is 0 Å². The number of ketones is 1. The Balaban J connectivity index is 1.53. The molecule has 4 rings (SSSR count). The van der Waals surface area contributed by atoms with E-state index < -0.39 is 0 Å². The number of likely N-dealkylation sites (tertiary alicyclic amines) is 1. The van der Waals surface area contributed by atoms with Crippen LogP contribution in [0.25, 0.3) is 0 Å². The first-order chi connectivity index (χ1) is 17.9. The Morgan fingerprint density at radius 3 is 2.62 bits per heavy atom. The van der Waals surface area contributed by atoms with Gasteiger partial charge in [-0.3, -0.25) is 9.59 Å². The van der Waals surface area contributed by atoms with E-state index in [0.717, 1.165) is 44.1 Å². The summed E-state index contributed by atoms with van der Waals surface area (Å²) in [7, 11) is 0. The number of rotatable bonds is 10. The topological polar surface area (TPSA) is 130 Å². The molecule has 194 valence electrons. The highest BCUT2D eigenvalue weighted by atomic mass is 16.2.